The lowest BCUT2D eigenvalue weighted by Crippen LogP contribution is -2.30. The summed E-state index contributed by atoms with van der Waals surface area (Å²) in [6, 6.07) is 2.50. The van der Waals surface area contributed by atoms with E-state index in [0.717, 1.165) is 55.5 Å². The molecule has 1 aliphatic heterocycles. The number of ether oxygens (including phenoxy) is 1. The number of hydrogen-bond donors (Lipinski definition) is 2. The SMILES string of the molecule is CN.CN(CC1CCOCC1)c1cncc(-c2cc(NC3CCCCC3)ncc2Cl)n1. The first-order valence-electron chi connectivity index (χ1n) is 11.3. The van der Waals surface area contributed by atoms with Crippen molar-refractivity contribution in [3.8, 4) is 11.3 Å². The van der Waals surface area contributed by atoms with E-state index < -0.39 is 0 Å². The van der Waals surface area contributed by atoms with Crippen molar-refractivity contribution in [3.05, 3.63) is 29.7 Å². The molecule has 2 aliphatic rings. The van der Waals surface area contributed by atoms with Crippen molar-refractivity contribution < 1.29 is 4.74 Å². The van der Waals surface area contributed by atoms with E-state index in [0.29, 0.717) is 17.0 Å². The predicted molar refractivity (Wildman–Crippen MR) is 128 cm³/mol. The van der Waals surface area contributed by atoms with Crippen LogP contribution in [-0.2, 0) is 4.74 Å². The lowest BCUT2D eigenvalue weighted by Gasteiger charge is -2.27. The number of nitrogens with zero attached hydrogens (tertiary/aromatic N) is 4. The van der Waals surface area contributed by atoms with Crippen molar-refractivity contribution in [2.75, 3.05) is 44.1 Å². The van der Waals surface area contributed by atoms with Crippen LogP contribution in [0.1, 0.15) is 44.9 Å². The third kappa shape index (κ3) is 6.76. The second-order valence-corrected chi connectivity index (χ2v) is 8.63. The van der Waals surface area contributed by atoms with E-state index in [1.54, 1.807) is 12.4 Å². The van der Waals surface area contributed by atoms with Crippen molar-refractivity contribution in [2.45, 2.75) is 51.0 Å². The largest absolute Gasteiger partial charge is 0.381 e. The molecule has 0 radical (unpaired) electrons. The van der Waals surface area contributed by atoms with Crippen LogP contribution in [0.15, 0.2) is 24.7 Å². The van der Waals surface area contributed by atoms with Crippen LogP contribution < -0.4 is 16.0 Å². The number of aromatic nitrogens is 3. The maximum absolute atomic E-state index is 6.48. The van der Waals surface area contributed by atoms with Crippen LogP contribution in [0.3, 0.4) is 0 Å². The summed E-state index contributed by atoms with van der Waals surface area (Å²) in [5.74, 6) is 2.36. The molecule has 0 amide bonds. The Hall–Kier alpha value is -1.96. The van der Waals surface area contributed by atoms with E-state index >= 15 is 0 Å². The number of rotatable bonds is 6. The van der Waals surface area contributed by atoms with Gasteiger partial charge in [0, 0.05) is 44.6 Å². The van der Waals surface area contributed by atoms with E-state index in [1.807, 2.05) is 12.3 Å². The van der Waals surface area contributed by atoms with Gasteiger partial charge in [-0.15, -0.1) is 0 Å². The molecule has 3 N–H and O–H groups in total. The van der Waals surface area contributed by atoms with Crippen molar-refractivity contribution in [1.29, 1.82) is 0 Å². The van der Waals surface area contributed by atoms with Gasteiger partial charge in [0.2, 0.25) is 0 Å². The van der Waals surface area contributed by atoms with Crippen LogP contribution in [0.2, 0.25) is 5.02 Å². The van der Waals surface area contributed by atoms with Gasteiger partial charge in [-0.3, -0.25) is 4.98 Å². The van der Waals surface area contributed by atoms with Gasteiger partial charge in [-0.05, 0) is 44.7 Å². The van der Waals surface area contributed by atoms with Gasteiger partial charge in [0.1, 0.15) is 11.6 Å². The third-order valence-corrected chi connectivity index (χ3v) is 6.28. The fraction of sp³-hybridized carbons (Fsp3) is 0.609. The molecule has 4 rings (SSSR count). The molecular weight excluding hydrogens is 412 g/mol. The number of pyridine rings is 1. The van der Waals surface area contributed by atoms with Crippen LogP contribution >= 0.6 is 11.6 Å². The monoisotopic (exact) mass is 446 g/mol. The minimum Gasteiger partial charge on any atom is -0.381 e. The third-order valence-electron chi connectivity index (χ3n) is 5.97. The topological polar surface area (TPSA) is 89.2 Å². The number of nitrogens with two attached hydrogens (primary N) is 1. The summed E-state index contributed by atoms with van der Waals surface area (Å²) >= 11 is 6.48. The van der Waals surface area contributed by atoms with Gasteiger partial charge in [-0.2, -0.15) is 0 Å². The Bertz CT molecular complexity index is 808. The van der Waals surface area contributed by atoms with Gasteiger partial charge < -0.3 is 20.7 Å². The number of anilines is 2. The summed E-state index contributed by atoms with van der Waals surface area (Å²) in [6.45, 7) is 2.67. The quantitative estimate of drug-likeness (QED) is 0.680. The van der Waals surface area contributed by atoms with Crippen LogP contribution in [0.25, 0.3) is 11.3 Å². The molecule has 0 spiro atoms. The highest BCUT2D eigenvalue weighted by Crippen LogP contribution is 2.30. The average molecular weight is 447 g/mol. The van der Waals surface area contributed by atoms with E-state index in [-0.39, 0.29) is 0 Å². The number of halogens is 1. The predicted octanol–water partition coefficient (Wildman–Crippen LogP) is 4.37. The highest BCUT2D eigenvalue weighted by atomic mass is 35.5. The normalized spacial score (nSPS) is 17.5. The molecule has 1 saturated carbocycles. The number of hydrogen-bond acceptors (Lipinski definition) is 7. The van der Waals surface area contributed by atoms with Gasteiger partial charge in [-0.1, -0.05) is 30.9 Å². The molecule has 170 valence electrons. The molecule has 0 aromatic carbocycles. The Morgan fingerprint density at radius 1 is 1.10 bits per heavy atom. The van der Waals surface area contributed by atoms with Gasteiger partial charge in [0.05, 0.1) is 23.1 Å². The molecular formula is C23H35ClN6O. The lowest BCUT2D eigenvalue weighted by molar-refractivity contribution is 0.0685. The Labute approximate surface area is 190 Å². The van der Waals surface area contributed by atoms with E-state index in [4.69, 9.17) is 21.3 Å². The highest BCUT2D eigenvalue weighted by Gasteiger charge is 2.18. The molecule has 3 heterocycles. The Kier molecular flexibility index (Phi) is 9.31. The minimum atomic E-state index is 0.494. The lowest BCUT2D eigenvalue weighted by atomic mass is 9.95. The molecule has 2 fully saturated rings. The smallest absolute Gasteiger partial charge is 0.147 e. The fourth-order valence-electron chi connectivity index (χ4n) is 4.25. The van der Waals surface area contributed by atoms with Crippen LogP contribution in [0.5, 0.6) is 0 Å². The van der Waals surface area contributed by atoms with Crippen molar-refractivity contribution in [3.63, 3.8) is 0 Å². The summed E-state index contributed by atoms with van der Waals surface area (Å²) in [5.41, 5.74) is 6.15. The molecule has 1 saturated heterocycles. The zero-order valence-corrected chi connectivity index (χ0v) is 19.4. The summed E-state index contributed by atoms with van der Waals surface area (Å²) in [6.07, 6.45) is 13.8. The van der Waals surface area contributed by atoms with Gasteiger partial charge in [-0.25, -0.2) is 9.97 Å². The van der Waals surface area contributed by atoms with Gasteiger partial charge >= 0.3 is 0 Å². The number of nitrogens with one attached hydrogen (secondary N) is 1. The maximum Gasteiger partial charge on any atom is 0.147 e. The first-order valence-corrected chi connectivity index (χ1v) is 11.7. The van der Waals surface area contributed by atoms with Crippen molar-refractivity contribution in [2.24, 2.45) is 11.7 Å². The molecule has 0 unspecified atom stereocenters. The molecule has 2 aromatic heterocycles. The van der Waals surface area contributed by atoms with Crippen LogP contribution in [0, 0.1) is 5.92 Å². The second kappa shape index (κ2) is 12.2. The molecule has 0 bridgehead atoms. The van der Waals surface area contributed by atoms with Gasteiger partial charge in [0.25, 0.3) is 0 Å². The Morgan fingerprint density at radius 3 is 2.58 bits per heavy atom. The summed E-state index contributed by atoms with van der Waals surface area (Å²) in [7, 11) is 3.58. The molecule has 0 atom stereocenters. The van der Waals surface area contributed by atoms with Crippen LogP contribution in [0.4, 0.5) is 11.6 Å². The molecule has 31 heavy (non-hydrogen) atoms. The first kappa shape index (κ1) is 23.7. The van der Waals surface area contributed by atoms with E-state index in [2.05, 4.69) is 33.0 Å². The zero-order valence-electron chi connectivity index (χ0n) is 18.7. The van der Waals surface area contributed by atoms with E-state index in [9.17, 15) is 0 Å². The molecule has 8 heteroatoms. The summed E-state index contributed by atoms with van der Waals surface area (Å²) in [5, 5.41) is 4.16. The van der Waals surface area contributed by atoms with Crippen molar-refractivity contribution in [1.82, 2.24) is 15.0 Å². The maximum atomic E-state index is 6.48. The molecule has 7 nitrogen and oxygen atoms in total. The fourth-order valence-corrected chi connectivity index (χ4v) is 4.45. The summed E-state index contributed by atoms with van der Waals surface area (Å²) < 4.78 is 5.47. The van der Waals surface area contributed by atoms with Crippen molar-refractivity contribution >= 4 is 23.2 Å². The Morgan fingerprint density at radius 2 is 1.84 bits per heavy atom. The standard InChI is InChI=1S/C22H30ClN5O.CH5N/c1-28(15-16-7-9-29-10-8-16)22-14-24-13-20(27-22)18-11-21(25-12-19(18)23)26-17-5-3-2-4-6-17;1-2/h11-14,16-17H,2-10,15H2,1H3,(H,25,26);2H2,1H3. The average Bonchev–Trinajstić information content (AvgIpc) is 2.83. The van der Waals surface area contributed by atoms with E-state index in [1.165, 1.54) is 39.2 Å². The zero-order chi connectivity index (χ0) is 22.1. The van der Waals surface area contributed by atoms with Crippen LogP contribution in [-0.4, -0.2) is 54.8 Å². The highest BCUT2D eigenvalue weighted by molar-refractivity contribution is 6.33. The summed E-state index contributed by atoms with van der Waals surface area (Å²) in [4.78, 5) is 15.9. The second-order valence-electron chi connectivity index (χ2n) is 8.23. The first-order chi connectivity index (χ1) is 15.2. The molecule has 1 aliphatic carbocycles. The Balaban J connectivity index is 0.00000132. The minimum absolute atomic E-state index is 0.494. The molecule has 2 aromatic rings. The van der Waals surface area contributed by atoms with Gasteiger partial charge in [0.15, 0.2) is 0 Å².